The fourth-order valence-electron chi connectivity index (χ4n) is 9.87. The van der Waals surface area contributed by atoms with Gasteiger partial charge in [0.1, 0.15) is 35.0 Å². The van der Waals surface area contributed by atoms with Crippen LogP contribution in [0.5, 0.6) is 11.8 Å². The van der Waals surface area contributed by atoms with Gasteiger partial charge in [-0.1, -0.05) is 30.2 Å². The molecule has 12 heteroatoms. The van der Waals surface area contributed by atoms with Crippen molar-refractivity contribution in [2.75, 3.05) is 51.6 Å². The summed E-state index contributed by atoms with van der Waals surface area (Å²) in [7, 11) is 1.54. The van der Waals surface area contributed by atoms with Crippen molar-refractivity contribution >= 4 is 33.6 Å². The van der Waals surface area contributed by atoms with Crippen molar-refractivity contribution in [3.63, 3.8) is 0 Å². The molecule has 2 aromatic heterocycles. The van der Waals surface area contributed by atoms with Crippen LogP contribution in [0.25, 0.3) is 32.9 Å². The molecule has 0 radical (unpaired) electrons. The van der Waals surface area contributed by atoms with Crippen molar-refractivity contribution in [1.29, 1.82) is 0 Å². The Bertz CT molecular complexity index is 2270. The first kappa shape index (κ1) is 35.7. The molecule has 6 heterocycles. The maximum Gasteiger partial charge on any atom is 0.410 e. The maximum atomic E-state index is 17.4. The van der Waals surface area contributed by atoms with E-state index in [1.165, 1.54) is 18.4 Å². The zero-order valence-corrected chi connectivity index (χ0v) is 32.0. The van der Waals surface area contributed by atoms with Gasteiger partial charge in [-0.2, -0.15) is 9.97 Å². The lowest BCUT2D eigenvalue weighted by atomic mass is 9.80. The highest BCUT2D eigenvalue weighted by atomic mass is 19.1. The maximum absolute atomic E-state index is 17.4. The number of rotatable bonds is 8. The van der Waals surface area contributed by atoms with Crippen LogP contribution in [0, 0.1) is 23.6 Å². The number of fused-ring (bicyclic) bond motifs is 6. The van der Waals surface area contributed by atoms with E-state index in [4.69, 9.17) is 40.3 Å². The largest absolute Gasteiger partial charge is 0.468 e. The summed E-state index contributed by atoms with van der Waals surface area (Å²) in [5.41, 5.74) is 1.90. The second kappa shape index (κ2) is 13.1. The molecule has 286 valence electrons. The highest BCUT2D eigenvalue weighted by Gasteiger charge is 2.67. The minimum atomic E-state index is -0.619. The second-order valence-corrected chi connectivity index (χ2v) is 17.0. The predicted octanol–water partition coefficient (Wildman–Crippen LogP) is 7.10. The summed E-state index contributed by atoms with van der Waals surface area (Å²) in [5, 5.41) is 1.91. The molecule has 55 heavy (non-hydrogen) atoms. The standard InChI is InChI=1S/C43H47FN6O5/c1-7-27-9-8-10-28-17-31(54-25-52-6)18-32(34(27)28)36-35(44)37-33(20-45-36)38(48-22-29-11-12-30(23-48)50(29)40(51)55-41(3,4)5)47-39(46-37)53-24-43-19-26(2)21-49(43)16-15-42(43)13-14-42/h1,8-10,17-18,20,29-30H,2,11-16,19,21-25H2,3-6H3/t29-,30+,43?. The summed E-state index contributed by atoms with van der Waals surface area (Å²) >= 11 is 0. The van der Waals surface area contributed by atoms with Crippen molar-refractivity contribution in [3.8, 4) is 35.4 Å². The highest BCUT2D eigenvalue weighted by molar-refractivity contribution is 6.03. The minimum Gasteiger partial charge on any atom is -0.468 e. The van der Waals surface area contributed by atoms with E-state index in [1.54, 1.807) is 19.4 Å². The molecule has 1 unspecified atom stereocenters. The van der Waals surface area contributed by atoms with Gasteiger partial charge >= 0.3 is 12.1 Å². The smallest absolute Gasteiger partial charge is 0.410 e. The summed E-state index contributed by atoms with van der Waals surface area (Å²) in [6.45, 7) is 13.3. The van der Waals surface area contributed by atoms with Gasteiger partial charge < -0.3 is 23.8 Å². The molecule has 4 aliphatic heterocycles. The van der Waals surface area contributed by atoms with Gasteiger partial charge in [0.15, 0.2) is 12.6 Å². The average Bonchev–Trinajstić information content (AvgIpc) is 3.73. The van der Waals surface area contributed by atoms with E-state index >= 15 is 4.39 Å². The van der Waals surface area contributed by atoms with Crippen LogP contribution in [0.3, 0.4) is 0 Å². The highest BCUT2D eigenvalue weighted by Crippen LogP contribution is 2.66. The third-order valence-corrected chi connectivity index (χ3v) is 12.4. The molecule has 4 aromatic rings. The number of piperazine rings is 1. The molecule has 2 bridgehead atoms. The molecule has 1 spiro atoms. The lowest BCUT2D eigenvalue weighted by Gasteiger charge is -2.42. The third kappa shape index (κ3) is 5.94. The number of aromatic nitrogens is 3. The number of anilines is 1. The van der Waals surface area contributed by atoms with Crippen molar-refractivity contribution in [1.82, 2.24) is 24.8 Å². The van der Waals surface area contributed by atoms with Crippen LogP contribution in [0.4, 0.5) is 15.0 Å². The summed E-state index contributed by atoms with van der Waals surface area (Å²) in [5.74, 6) is 3.16. The molecular formula is C43H47FN6O5. The molecule has 5 aliphatic rings. The molecule has 2 aromatic carbocycles. The van der Waals surface area contributed by atoms with Crippen molar-refractivity contribution in [3.05, 3.63) is 60.1 Å². The van der Waals surface area contributed by atoms with Crippen molar-refractivity contribution in [2.45, 2.75) is 82.5 Å². The quantitative estimate of drug-likeness (QED) is 0.105. The fourth-order valence-corrected chi connectivity index (χ4v) is 9.87. The van der Waals surface area contributed by atoms with Crippen LogP contribution >= 0.6 is 0 Å². The molecule has 9 rings (SSSR count). The molecule has 1 amide bonds. The number of halogens is 1. The lowest BCUT2D eigenvalue weighted by molar-refractivity contribution is 0.0122. The summed E-state index contributed by atoms with van der Waals surface area (Å²) in [4.78, 5) is 34.5. The van der Waals surface area contributed by atoms with Gasteiger partial charge in [0, 0.05) is 49.5 Å². The molecular weight excluding hydrogens is 700 g/mol. The van der Waals surface area contributed by atoms with Gasteiger partial charge in [0.2, 0.25) is 0 Å². The van der Waals surface area contributed by atoms with E-state index in [-0.39, 0.29) is 53.1 Å². The zero-order chi connectivity index (χ0) is 38.3. The number of hydrogen-bond donors (Lipinski definition) is 0. The number of ether oxygens (including phenoxy) is 4. The first-order valence-corrected chi connectivity index (χ1v) is 19.2. The summed E-state index contributed by atoms with van der Waals surface area (Å²) in [6.07, 6.45) is 13.3. The van der Waals surface area contributed by atoms with Gasteiger partial charge in [0.05, 0.1) is 23.0 Å². The average molecular weight is 747 g/mol. The summed E-state index contributed by atoms with van der Waals surface area (Å²) in [6, 6.07) is 9.12. The molecule has 3 atom stereocenters. The van der Waals surface area contributed by atoms with Crippen molar-refractivity contribution in [2.24, 2.45) is 5.41 Å². The third-order valence-electron chi connectivity index (χ3n) is 12.4. The second-order valence-electron chi connectivity index (χ2n) is 17.0. The monoisotopic (exact) mass is 746 g/mol. The van der Waals surface area contributed by atoms with Gasteiger partial charge in [-0.05, 0) is 94.8 Å². The first-order chi connectivity index (χ1) is 26.4. The Morgan fingerprint density at radius 2 is 1.89 bits per heavy atom. The zero-order valence-electron chi connectivity index (χ0n) is 32.0. The van der Waals surface area contributed by atoms with Crippen LogP contribution < -0.4 is 14.4 Å². The van der Waals surface area contributed by atoms with E-state index in [1.807, 2.05) is 49.9 Å². The molecule has 5 fully saturated rings. The van der Waals surface area contributed by atoms with Crippen LogP contribution in [-0.4, -0.2) is 101 Å². The van der Waals surface area contributed by atoms with E-state index < -0.39 is 11.4 Å². The van der Waals surface area contributed by atoms with Gasteiger partial charge in [-0.25, -0.2) is 9.18 Å². The van der Waals surface area contributed by atoms with Crippen LogP contribution in [0.1, 0.15) is 64.9 Å². The Morgan fingerprint density at radius 3 is 2.60 bits per heavy atom. The molecule has 0 N–H and O–H groups in total. The summed E-state index contributed by atoms with van der Waals surface area (Å²) < 4.78 is 40.9. The van der Waals surface area contributed by atoms with Gasteiger partial charge in [-0.15, -0.1) is 6.42 Å². The molecule has 4 saturated heterocycles. The SMILES string of the molecule is C#Cc1cccc2cc(OCOC)cc(-c3ncc4c(N5C[C@H]6CC[C@@H](C5)N6C(=O)OC(C)(C)C)nc(OCC56CC(=C)CN5CCC65CC5)nc4c3F)c12. The van der Waals surface area contributed by atoms with Gasteiger partial charge in [-0.3, -0.25) is 14.8 Å². The van der Waals surface area contributed by atoms with Crippen LogP contribution in [0.15, 0.2) is 48.7 Å². The van der Waals surface area contributed by atoms with E-state index in [2.05, 4.69) is 22.3 Å². The minimum absolute atomic E-state index is 0.0153. The predicted molar refractivity (Wildman–Crippen MR) is 208 cm³/mol. The fraction of sp³-hybridized carbons (Fsp3) is 0.488. The number of benzene rings is 2. The Hall–Kier alpha value is -4.99. The number of amides is 1. The number of methoxy groups -OCH3 is 1. The van der Waals surface area contributed by atoms with Crippen molar-refractivity contribution < 1.29 is 28.1 Å². The normalized spacial score (nSPS) is 24.1. The molecule has 11 nitrogen and oxygen atoms in total. The number of hydrogen-bond acceptors (Lipinski definition) is 10. The Balaban J connectivity index is 1.15. The first-order valence-electron chi connectivity index (χ1n) is 19.2. The molecule has 1 aliphatic carbocycles. The van der Waals surface area contributed by atoms with Crippen LogP contribution in [0.2, 0.25) is 0 Å². The Labute approximate surface area is 320 Å². The number of carbonyl (C=O) groups is 1. The Kier molecular flexibility index (Phi) is 8.48. The number of carbonyl (C=O) groups excluding carboxylic acids is 1. The number of nitrogens with zero attached hydrogens (tertiary/aromatic N) is 6. The topological polar surface area (TPSA) is 102 Å². The lowest BCUT2D eigenvalue weighted by Crippen LogP contribution is -2.57. The van der Waals surface area contributed by atoms with E-state index in [9.17, 15) is 4.79 Å². The number of terminal acetylenes is 1. The molecule has 1 saturated carbocycles. The van der Waals surface area contributed by atoms with Crippen LogP contribution in [-0.2, 0) is 9.47 Å². The van der Waals surface area contributed by atoms with E-state index in [0.717, 1.165) is 44.2 Å². The van der Waals surface area contributed by atoms with E-state index in [0.29, 0.717) is 53.2 Å². The number of pyridine rings is 1. The van der Waals surface area contributed by atoms with Gasteiger partial charge in [0.25, 0.3) is 0 Å². The Morgan fingerprint density at radius 1 is 1.11 bits per heavy atom.